The van der Waals surface area contributed by atoms with E-state index in [-0.39, 0.29) is 17.9 Å². The number of aromatic nitrogens is 2. The van der Waals surface area contributed by atoms with Gasteiger partial charge in [-0.15, -0.1) is 0 Å². The summed E-state index contributed by atoms with van der Waals surface area (Å²) in [7, 11) is 0. The summed E-state index contributed by atoms with van der Waals surface area (Å²) in [6, 6.07) is 1.45. The van der Waals surface area contributed by atoms with Gasteiger partial charge in [-0.25, -0.2) is 0 Å². The Balaban J connectivity index is 1.91. The third-order valence-electron chi connectivity index (χ3n) is 3.40. The molecule has 6 nitrogen and oxygen atoms in total. The quantitative estimate of drug-likeness (QED) is 0.838. The molecule has 2 N–H and O–H groups in total. The number of hydrogen-bond acceptors (Lipinski definition) is 4. The van der Waals surface area contributed by atoms with E-state index in [1.807, 2.05) is 35.7 Å². The Labute approximate surface area is 113 Å². The first-order chi connectivity index (χ1) is 9.08. The lowest BCUT2D eigenvalue weighted by Gasteiger charge is -2.35. The van der Waals surface area contributed by atoms with Crippen molar-refractivity contribution in [2.24, 2.45) is 11.7 Å². The number of rotatable bonds is 4. The molecule has 2 rings (SSSR count). The Hall–Kier alpha value is -1.40. The molecule has 1 aromatic heterocycles. The van der Waals surface area contributed by atoms with E-state index in [4.69, 9.17) is 10.5 Å². The molecule has 0 saturated carbocycles. The fourth-order valence-electron chi connectivity index (χ4n) is 2.14. The Morgan fingerprint density at radius 2 is 2.37 bits per heavy atom. The number of carbonyl (C=O) groups excluding carboxylic acids is 1. The van der Waals surface area contributed by atoms with Gasteiger partial charge < -0.3 is 15.4 Å². The lowest BCUT2D eigenvalue weighted by molar-refractivity contribution is -0.141. The van der Waals surface area contributed by atoms with E-state index in [0.29, 0.717) is 26.2 Å². The average molecular weight is 266 g/mol. The Bertz CT molecular complexity index is 405. The predicted octanol–water partition coefficient (Wildman–Crippen LogP) is 0.0938. The molecule has 0 bridgehead atoms. The molecule has 2 atom stereocenters. The summed E-state index contributed by atoms with van der Waals surface area (Å²) >= 11 is 0. The van der Waals surface area contributed by atoms with Gasteiger partial charge in [0.15, 0.2) is 0 Å². The van der Waals surface area contributed by atoms with Crippen LogP contribution in [0.2, 0.25) is 0 Å². The molecule has 6 heteroatoms. The second-order valence-corrected chi connectivity index (χ2v) is 5.27. The molecule has 1 amide bonds. The molecule has 0 spiro atoms. The normalized spacial score (nSPS) is 21.7. The topological polar surface area (TPSA) is 73.4 Å². The number of amides is 1. The summed E-state index contributed by atoms with van der Waals surface area (Å²) in [5.74, 6) is 0.170. The van der Waals surface area contributed by atoms with E-state index in [2.05, 4.69) is 5.10 Å². The highest BCUT2D eigenvalue weighted by Gasteiger charge is 2.29. The minimum Gasteiger partial charge on any atom is -0.373 e. The van der Waals surface area contributed by atoms with Crippen LogP contribution in [0.25, 0.3) is 0 Å². The molecule has 0 radical (unpaired) electrons. The Kier molecular flexibility index (Phi) is 4.55. The van der Waals surface area contributed by atoms with Crippen LogP contribution in [-0.2, 0) is 16.1 Å². The van der Waals surface area contributed by atoms with Crippen molar-refractivity contribution >= 4 is 5.91 Å². The summed E-state index contributed by atoms with van der Waals surface area (Å²) in [6.45, 7) is 6.35. The number of hydrogen-bond donors (Lipinski definition) is 1. The van der Waals surface area contributed by atoms with Crippen LogP contribution < -0.4 is 5.73 Å². The Morgan fingerprint density at radius 1 is 1.58 bits per heavy atom. The predicted molar refractivity (Wildman–Crippen MR) is 71.4 cm³/mol. The van der Waals surface area contributed by atoms with Crippen molar-refractivity contribution in [2.75, 3.05) is 19.7 Å². The van der Waals surface area contributed by atoms with E-state index in [9.17, 15) is 4.79 Å². The van der Waals surface area contributed by atoms with Gasteiger partial charge in [-0.1, -0.05) is 13.8 Å². The molecule has 1 aliphatic rings. The molecule has 19 heavy (non-hydrogen) atoms. The zero-order chi connectivity index (χ0) is 13.8. The van der Waals surface area contributed by atoms with Crippen LogP contribution in [0.3, 0.4) is 0 Å². The maximum atomic E-state index is 12.2. The van der Waals surface area contributed by atoms with Gasteiger partial charge >= 0.3 is 0 Å². The minimum absolute atomic E-state index is 0.0167. The van der Waals surface area contributed by atoms with Gasteiger partial charge in [-0.05, 0) is 12.0 Å². The summed E-state index contributed by atoms with van der Waals surface area (Å²) in [5, 5.41) is 4.15. The lowest BCUT2D eigenvalue weighted by atomic mass is 10.0. The van der Waals surface area contributed by atoms with Crippen LogP contribution in [0.1, 0.15) is 13.8 Å². The smallest absolute Gasteiger partial charge is 0.239 e. The van der Waals surface area contributed by atoms with Crippen molar-refractivity contribution in [2.45, 2.75) is 32.5 Å². The van der Waals surface area contributed by atoms with Crippen LogP contribution >= 0.6 is 0 Å². The van der Waals surface area contributed by atoms with Crippen LogP contribution in [0.15, 0.2) is 18.5 Å². The largest absolute Gasteiger partial charge is 0.373 e. The molecule has 0 aromatic carbocycles. The van der Waals surface area contributed by atoms with Crippen molar-refractivity contribution in [1.29, 1.82) is 0 Å². The second-order valence-electron chi connectivity index (χ2n) is 5.27. The summed E-state index contributed by atoms with van der Waals surface area (Å²) in [6.07, 6.45) is 3.61. The first-order valence-corrected chi connectivity index (χ1v) is 6.71. The maximum Gasteiger partial charge on any atom is 0.239 e. The highest BCUT2D eigenvalue weighted by Crippen LogP contribution is 2.11. The van der Waals surface area contributed by atoms with Crippen molar-refractivity contribution in [3.05, 3.63) is 18.5 Å². The SMILES string of the molecule is CC(C)[C@H](N)C(=O)N1CCOC(Cn2cccn2)C1. The monoisotopic (exact) mass is 266 g/mol. The van der Waals surface area contributed by atoms with Gasteiger partial charge in [0.25, 0.3) is 0 Å². The zero-order valence-electron chi connectivity index (χ0n) is 11.5. The van der Waals surface area contributed by atoms with Crippen molar-refractivity contribution in [3.8, 4) is 0 Å². The van der Waals surface area contributed by atoms with Crippen molar-refractivity contribution < 1.29 is 9.53 Å². The summed E-state index contributed by atoms with van der Waals surface area (Å²) in [5.41, 5.74) is 5.92. The van der Waals surface area contributed by atoms with E-state index >= 15 is 0 Å². The van der Waals surface area contributed by atoms with Crippen LogP contribution in [-0.4, -0.2) is 52.4 Å². The van der Waals surface area contributed by atoms with Crippen molar-refractivity contribution in [1.82, 2.24) is 14.7 Å². The third kappa shape index (κ3) is 3.54. The van der Waals surface area contributed by atoms with Gasteiger partial charge in [0.1, 0.15) is 0 Å². The van der Waals surface area contributed by atoms with Gasteiger partial charge in [0.05, 0.1) is 25.3 Å². The first kappa shape index (κ1) is 14.0. The molecule has 2 heterocycles. The highest BCUT2D eigenvalue weighted by atomic mass is 16.5. The van der Waals surface area contributed by atoms with Gasteiger partial charge in [0.2, 0.25) is 5.91 Å². The van der Waals surface area contributed by atoms with Gasteiger partial charge in [-0.2, -0.15) is 5.10 Å². The summed E-state index contributed by atoms with van der Waals surface area (Å²) in [4.78, 5) is 14.0. The standard InChI is InChI=1S/C13H22N4O2/c1-10(2)12(14)13(18)16-6-7-19-11(8-16)9-17-5-3-4-15-17/h3-5,10-12H,6-9,14H2,1-2H3/t11?,12-/m0/s1. The zero-order valence-corrected chi connectivity index (χ0v) is 11.5. The van der Waals surface area contributed by atoms with Crippen LogP contribution in [0, 0.1) is 5.92 Å². The van der Waals surface area contributed by atoms with E-state index in [1.165, 1.54) is 0 Å². The van der Waals surface area contributed by atoms with Gasteiger partial charge in [-0.3, -0.25) is 9.48 Å². The fourth-order valence-corrected chi connectivity index (χ4v) is 2.14. The average Bonchev–Trinajstić information content (AvgIpc) is 2.90. The fraction of sp³-hybridized carbons (Fsp3) is 0.692. The van der Waals surface area contributed by atoms with Crippen LogP contribution in [0.5, 0.6) is 0 Å². The molecular formula is C13H22N4O2. The van der Waals surface area contributed by atoms with E-state index < -0.39 is 6.04 Å². The van der Waals surface area contributed by atoms with Crippen molar-refractivity contribution in [3.63, 3.8) is 0 Å². The number of nitrogens with two attached hydrogens (primary N) is 1. The highest BCUT2D eigenvalue weighted by molar-refractivity contribution is 5.82. The molecule has 106 valence electrons. The Morgan fingerprint density at radius 3 is 3.00 bits per heavy atom. The van der Waals surface area contributed by atoms with Crippen LogP contribution in [0.4, 0.5) is 0 Å². The lowest BCUT2D eigenvalue weighted by Crippen LogP contribution is -2.53. The molecule has 1 saturated heterocycles. The van der Waals surface area contributed by atoms with E-state index in [1.54, 1.807) is 6.20 Å². The van der Waals surface area contributed by atoms with Gasteiger partial charge in [0, 0.05) is 25.5 Å². The number of nitrogens with zero attached hydrogens (tertiary/aromatic N) is 3. The molecule has 1 fully saturated rings. The minimum atomic E-state index is -0.427. The second kappa shape index (κ2) is 6.16. The summed E-state index contributed by atoms with van der Waals surface area (Å²) < 4.78 is 7.50. The number of morpholine rings is 1. The first-order valence-electron chi connectivity index (χ1n) is 6.71. The van der Waals surface area contributed by atoms with E-state index in [0.717, 1.165) is 0 Å². The molecule has 1 aromatic rings. The molecule has 0 aliphatic carbocycles. The third-order valence-corrected chi connectivity index (χ3v) is 3.40. The number of ether oxygens (including phenoxy) is 1. The number of carbonyl (C=O) groups is 1. The molecule has 1 aliphatic heterocycles. The molecule has 1 unspecified atom stereocenters. The maximum absolute atomic E-state index is 12.2. The molecular weight excluding hydrogens is 244 g/mol.